The van der Waals surface area contributed by atoms with E-state index in [1.165, 1.54) is 24.0 Å². The zero-order chi connectivity index (χ0) is 16.9. The monoisotopic (exact) mass is 340 g/mol. The van der Waals surface area contributed by atoms with Crippen molar-refractivity contribution in [2.24, 2.45) is 0 Å². The lowest BCUT2D eigenvalue weighted by molar-refractivity contribution is -0.128. The van der Waals surface area contributed by atoms with E-state index in [-0.39, 0.29) is 23.9 Å². The Bertz CT molecular complexity index is 687. The minimum absolute atomic E-state index is 0.0971. The first kappa shape index (κ1) is 17.3. The molecule has 1 aromatic rings. The van der Waals surface area contributed by atoms with E-state index < -0.39 is 10.0 Å². The molecule has 1 aliphatic rings. The van der Waals surface area contributed by atoms with Gasteiger partial charge < -0.3 is 14.4 Å². The molecule has 0 radical (unpaired) electrons. The molecule has 1 heterocycles. The molecular weight excluding hydrogens is 320 g/mol. The Morgan fingerprint density at radius 3 is 2.70 bits per heavy atom. The highest BCUT2D eigenvalue weighted by Gasteiger charge is 2.19. The number of hydrogen-bond donors (Lipinski definition) is 1. The lowest BCUT2D eigenvalue weighted by Crippen LogP contribution is -2.37. The normalized spacial score (nSPS) is 13.4. The highest BCUT2D eigenvalue weighted by molar-refractivity contribution is 7.89. The Kier molecular flexibility index (Phi) is 5.62. The number of carbonyl (C=O) groups is 1. The lowest BCUT2D eigenvalue weighted by Gasteiger charge is -2.20. The zero-order valence-electron chi connectivity index (χ0n) is 12.9. The van der Waals surface area contributed by atoms with Gasteiger partial charge in [0.05, 0.1) is 4.90 Å². The van der Waals surface area contributed by atoms with Gasteiger partial charge in [0.15, 0.2) is 11.5 Å². The van der Waals surface area contributed by atoms with Gasteiger partial charge in [-0.15, -0.1) is 6.58 Å². The highest BCUT2D eigenvalue weighted by atomic mass is 32.2. The summed E-state index contributed by atoms with van der Waals surface area (Å²) in [5, 5.41) is 0. The van der Waals surface area contributed by atoms with Crippen molar-refractivity contribution in [2.75, 3.05) is 32.8 Å². The van der Waals surface area contributed by atoms with Crippen LogP contribution >= 0.6 is 0 Å². The van der Waals surface area contributed by atoms with Crippen molar-refractivity contribution in [3.05, 3.63) is 30.9 Å². The quantitative estimate of drug-likeness (QED) is 0.741. The summed E-state index contributed by atoms with van der Waals surface area (Å²) in [5.74, 6) is 0.809. The van der Waals surface area contributed by atoms with E-state index in [4.69, 9.17) is 9.47 Å². The van der Waals surface area contributed by atoms with E-state index in [2.05, 4.69) is 11.3 Å². The number of ether oxygens (including phenoxy) is 2. The van der Waals surface area contributed by atoms with E-state index >= 15 is 0 Å². The van der Waals surface area contributed by atoms with Gasteiger partial charge in [-0.05, 0) is 12.1 Å². The van der Waals surface area contributed by atoms with Crippen LogP contribution in [-0.2, 0) is 14.8 Å². The minimum atomic E-state index is -3.68. The Hall–Kier alpha value is -2.06. The summed E-state index contributed by atoms with van der Waals surface area (Å²) >= 11 is 0. The molecule has 8 heteroatoms. The average Bonchev–Trinajstić information content (AvgIpc) is 2.53. The van der Waals surface area contributed by atoms with Gasteiger partial charge in [-0.3, -0.25) is 4.79 Å². The second-order valence-electron chi connectivity index (χ2n) is 4.96. The first-order chi connectivity index (χ1) is 10.9. The molecule has 0 aliphatic carbocycles. The Morgan fingerprint density at radius 1 is 1.35 bits per heavy atom. The largest absolute Gasteiger partial charge is 0.486 e. The third-order valence-corrected chi connectivity index (χ3v) is 4.75. The van der Waals surface area contributed by atoms with Gasteiger partial charge in [0, 0.05) is 32.6 Å². The number of rotatable bonds is 7. The fourth-order valence-corrected chi connectivity index (χ4v) is 3.16. The molecule has 0 spiro atoms. The maximum absolute atomic E-state index is 12.3. The van der Waals surface area contributed by atoms with E-state index in [9.17, 15) is 13.2 Å². The van der Waals surface area contributed by atoms with Crippen molar-refractivity contribution in [1.82, 2.24) is 9.62 Å². The molecule has 126 valence electrons. The SMILES string of the molecule is C=CCN(CCNS(=O)(=O)c1ccc2c(c1)OCCO2)C(C)=O. The zero-order valence-corrected chi connectivity index (χ0v) is 13.8. The summed E-state index contributed by atoms with van der Waals surface area (Å²) in [6.45, 7) is 6.59. The second-order valence-corrected chi connectivity index (χ2v) is 6.72. The fraction of sp³-hybridized carbons (Fsp3) is 0.400. The molecule has 1 N–H and O–H groups in total. The van der Waals surface area contributed by atoms with Gasteiger partial charge in [0.2, 0.25) is 15.9 Å². The highest BCUT2D eigenvalue weighted by Crippen LogP contribution is 2.32. The van der Waals surface area contributed by atoms with Crippen LogP contribution in [0.4, 0.5) is 0 Å². The molecule has 1 amide bonds. The number of nitrogens with zero attached hydrogens (tertiary/aromatic N) is 1. The maximum atomic E-state index is 12.3. The molecule has 0 fully saturated rings. The molecule has 0 saturated heterocycles. The van der Waals surface area contributed by atoms with E-state index in [0.717, 1.165) is 0 Å². The summed E-state index contributed by atoms with van der Waals surface area (Å²) in [6, 6.07) is 4.47. The van der Waals surface area contributed by atoms with Crippen LogP contribution in [0, 0.1) is 0 Å². The van der Waals surface area contributed by atoms with Crippen molar-refractivity contribution in [3.8, 4) is 11.5 Å². The van der Waals surface area contributed by atoms with E-state index in [1.807, 2.05) is 0 Å². The van der Waals surface area contributed by atoms with Crippen LogP contribution in [-0.4, -0.2) is 52.1 Å². The molecule has 1 aliphatic heterocycles. The Balaban J connectivity index is 2.01. The smallest absolute Gasteiger partial charge is 0.240 e. The third kappa shape index (κ3) is 4.46. The topological polar surface area (TPSA) is 84.9 Å². The van der Waals surface area contributed by atoms with Crippen LogP contribution < -0.4 is 14.2 Å². The van der Waals surface area contributed by atoms with Crippen molar-refractivity contribution >= 4 is 15.9 Å². The van der Waals surface area contributed by atoms with Gasteiger partial charge in [-0.25, -0.2) is 13.1 Å². The van der Waals surface area contributed by atoms with Gasteiger partial charge in [-0.1, -0.05) is 6.08 Å². The maximum Gasteiger partial charge on any atom is 0.240 e. The first-order valence-electron chi connectivity index (χ1n) is 7.20. The third-order valence-electron chi connectivity index (χ3n) is 3.29. The summed E-state index contributed by atoms with van der Waals surface area (Å²) in [7, 11) is -3.68. The van der Waals surface area contributed by atoms with Crippen molar-refractivity contribution < 1.29 is 22.7 Å². The number of hydrogen-bond acceptors (Lipinski definition) is 5. The average molecular weight is 340 g/mol. The number of sulfonamides is 1. The fourth-order valence-electron chi connectivity index (χ4n) is 2.12. The number of nitrogens with one attached hydrogen (secondary N) is 1. The second kappa shape index (κ2) is 7.47. The van der Waals surface area contributed by atoms with Crippen LogP contribution in [0.25, 0.3) is 0 Å². The molecule has 1 aromatic carbocycles. The predicted molar refractivity (Wildman–Crippen MR) is 85.1 cm³/mol. The molecule has 0 atom stereocenters. The molecule has 2 rings (SSSR count). The van der Waals surface area contributed by atoms with Gasteiger partial charge in [0.25, 0.3) is 0 Å². The lowest BCUT2D eigenvalue weighted by atomic mass is 10.3. The molecule has 0 unspecified atom stereocenters. The standard InChI is InChI=1S/C15H20N2O5S/c1-3-7-17(12(2)18)8-6-16-23(19,20)13-4-5-14-15(11-13)22-10-9-21-14/h3-5,11,16H,1,6-10H2,2H3. The molecular formula is C15H20N2O5S. The number of amides is 1. The van der Waals surface area contributed by atoms with Gasteiger partial charge in [0.1, 0.15) is 13.2 Å². The molecule has 0 saturated carbocycles. The van der Waals surface area contributed by atoms with E-state index in [0.29, 0.717) is 31.3 Å². The summed E-state index contributed by atoms with van der Waals surface area (Å²) in [6.07, 6.45) is 1.59. The van der Waals surface area contributed by atoms with E-state index in [1.54, 1.807) is 12.1 Å². The van der Waals surface area contributed by atoms with Crippen LogP contribution in [0.5, 0.6) is 11.5 Å². The number of carbonyl (C=O) groups excluding carboxylic acids is 1. The molecule has 23 heavy (non-hydrogen) atoms. The molecule has 0 aromatic heterocycles. The molecule has 7 nitrogen and oxygen atoms in total. The summed E-state index contributed by atoms with van der Waals surface area (Å²) in [4.78, 5) is 13.0. The van der Waals surface area contributed by atoms with Crippen molar-refractivity contribution in [1.29, 1.82) is 0 Å². The van der Waals surface area contributed by atoms with Crippen molar-refractivity contribution in [3.63, 3.8) is 0 Å². The van der Waals surface area contributed by atoms with Crippen LogP contribution in [0.2, 0.25) is 0 Å². The minimum Gasteiger partial charge on any atom is -0.486 e. The van der Waals surface area contributed by atoms with Crippen LogP contribution in [0.3, 0.4) is 0 Å². The predicted octanol–water partition coefficient (Wildman–Crippen LogP) is 0.771. The van der Waals surface area contributed by atoms with Gasteiger partial charge >= 0.3 is 0 Å². The summed E-state index contributed by atoms with van der Waals surface area (Å²) in [5.41, 5.74) is 0. The Labute approximate surface area is 135 Å². The number of fused-ring (bicyclic) bond motifs is 1. The van der Waals surface area contributed by atoms with Crippen LogP contribution in [0.1, 0.15) is 6.92 Å². The van der Waals surface area contributed by atoms with Crippen molar-refractivity contribution in [2.45, 2.75) is 11.8 Å². The molecule has 0 bridgehead atoms. The first-order valence-corrected chi connectivity index (χ1v) is 8.68. The number of benzene rings is 1. The van der Waals surface area contributed by atoms with Crippen LogP contribution in [0.15, 0.2) is 35.7 Å². The summed E-state index contributed by atoms with van der Waals surface area (Å²) < 4.78 is 37.8. The Morgan fingerprint density at radius 2 is 2.04 bits per heavy atom. The van der Waals surface area contributed by atoms with Gasteiger partial charge in [-0.2, -0.15) is 0 Å².